The molecule has 142 valence electrons. The van der Waals surface area contributed by atoms with Crippen molar-refractivity contribution in [1.29, 1.82) is 0 Å². The van der Waals surface area contributed by atoms with Crippen LogP contribution >= 0.6 is 0 Å². The number of amides is 2. The van der Waals surface area contributed by atoms with E-state index in [1.807, 2.05) is 65.4 Å². The van der Waals surface area contributed by atoms with Crippen molar-refractivity contribution in [3.63, 3.8) is 0 Å². The normalized spacial score (nSPS) is 11.9. The van der Waals surface area contributed by atoms with Crippen LogP contribution in [0.2, 0.25) is 0 Å². The third-order valence-electron chi connectivity index (χ3n) is 4.31. The Balaban J connectivity index is 1.65. The Labute approximate surface area is 163 Å². The molecule has 3 rings (SSSR count). The van der Waals surface area contributed by atoms with Crippen LogP contribution in [0, 0.1) is 0 Å². The third-order valence-corrected chi connectivity index (χ3v) is 4.31. The first kappa shape index (κ1) is 19.1. The van der Waals surface area contributed by atoms with Crippen molar-refractivity contribution in [2.24, 2.45) is 0 Å². The summed E-state index contributed by atoms with van der Waals surface area (Å²) in [4.78, 5) is 28.2. The number of benzene rings is 2. The fraction of sp³-hybridized carbons (Fsp3) is 0.136. The Bertz CT molecular complexity index is 932. The van der Waals surface area contributed by atoms with Crippen LogP contribution < -0.4 is 10.6 Å². The van der Waals surface area contributed by atoms with E-state index < -0.39 is 0 Å². The van der Waals surface area contributed by atoms with Gasteiger partial charge in [0.1, 0.15) is 0 Å². The molecule has 1 atom stereocenters. The van der Waals surface area contributed by atoms with Crippen LogP contribution in [-0.4, -0.2) is 28.4 Å². The van der Waals surface area contributed by atoms with Gasteiger partial charge >= 0.3 is 0 Å². The molecule has 28 heavy (non-hydrogen) atoms. The first-order valence-corrected chi connectivity index (χ1v) is 8.98. The minimum absolute atomic E-state index is 0.131. The third kappa shape index (κ3) is 5.17. The molecule has 0 fully saturated rings. The highest BCUT2D eigenvalue weighted by Gasteiger charge is 2.16. The minimum atomic E-state index is -0.387. The lowest BCUT2D eigenvalue weighted by molar-refractivity contribution is -0.121. The summed E-state index contributed by atoms with van der Waals surface area (Å²) >= 11 is 0. The van der Waals surface area contributed by atoms with Gasteiger partial charge in [-0.15, -0.1) is 0 Å². The number of carbonyl (C=O) groups excluding carboxylic acids is 2. The largest absolute Gasteiger partial charge is 0.359 e. The summed E-state index contributed by atoms with van der Waals surface area (Å²) in [7, 11) is 1.58. The molecule has 0 spiro atoms. The fourth-order valence-electron chi connectivity index (χ4n) is 2.79. The van der Waals surface area contributed by atoms with E-state index in [0.29, 0.717) is 0 Å². The zero-order chi connectivity index (χ0) is 19.8. The monoisotopic (exact) mass is 374 g/mol. The molecule has 0 aliphatic heterocycles. The van der Waals surface area contributed by atoms with Gasteiger partial charge < -0.3 is 15.2 Å². The second-order valence-corrected chi connectivity index (χ2v) is 6.24. The molecule has 0 aliphatic carbocycles. The highest BCUT2D eigenvalue weighted by atomic mass is 16.2. The van der Waals surface area contributed by atoms with Crippen molar-refractivity contribution < 1.29 is 9.59 Å². The average Bonchev–Trinajstić information content (AvgIpc) is 3.27. The molecule has 0 saturated heterocycles. The number of aromatic nitrogens is 2. The van der Waals surface area contributed by atoms with Gasteiger partial charge in [0.05, 0.1) is 18.8 Å². The van der Waals surface area contributed by atoms with Crippen LogP contribution in [0.4, 0.5) is 0 Å². The van der Waals surface area contributed by atoms with E-state index in [-0.39, 0.29) is 24.3 Å². The lowest BCUT2D eigenvalue weighted by Crippen LogP contribution is -2.31. The Morgan fingerprint density at radius 1 is 1.11 bits per heavy atom. The van der Waals surface area contributed by atoms with Gasteiger partial charge in [-0.25, -0.2) is 4.98 Å². The number of nitrogens with zero attached hydrogens (tertiary/aromatic N) is 2. The standard InChI is InChI=1S/C22H22N4O2/c1-23-22(28)15-20(18-5-3-2-4-6-18)25-21(27)12-9-17-7-10-19(11-8-17)26-14-13-24-16-26/h2-14,16,20H,15H2,1H3,(H,23,28)(H,25,27)/b12-9+. The first-order valence-electron chi connectivity index (χ1n) is 8.98. The molecule has 0 aliphatic rings. The zero-order valence-corrected chi connectivity index (χ0v) is 15.6. The van der Waals surface area contributed by atoms with Crippen molar-refractivity contribution >= 4 is 17.9 Å². The van der Waals surface area contributed by atoms with Crippen molar-refractivity contribution in [3.05, 3.63) is 90.5 Å². The minimum Gasteiger partial charge on any atom is -0.359 e. The Morgan fingerprint density at radius 2 is 1.86 bits per heavy atom. The Hall–Kier alpha value is -3.67. The number of imidazole rings is 1. The van der Waals surface area contributed by atoms with Gasteiger partial charge in [0.25, 0.3) is 0 Å². The van der Waals surface area contributed by atoms with E-state index in [4.69, 9.17) is 0 Å². The van der Waals surface area contributed by atoms with Gasteiger partial charge in [-0.2, -0.15) is 0 Å². The second-order valence-electron chi connectivity index (χ2n) is 6.24. The van der Waals surface area contributed by atoms with Gasteiger partial charge in [-0.05, 0) is 29.3 Å². The molecule has 2 aromatic carbocycles. The molecule has 0 bridgehead atoms. The summed E-state index contributed by atoms with van der Waals surface area (Å²) < 4.78 is 1.91. The summed E-state index contributed by atoms with van der Waals surface area (Å²) in [6, 6.07) is 16.8. The predicted octanol–water partition coefficient (Wildman–Crippen LogP) is 2.88. The molecular formula is C22H22N4O2. The van der Waals surface area contributed by atoms with Gasteiger partial charge in [0, 0.05) is 31.2 Å². The molecule has 0 saturated carbocycles. The highest BCUT2D eigenvalue weighted by Crippen LogP contribution is 2.17. The van der Waals surface area contributed by atoms with Crippen LogP contribution in [0.3, 0.4) is 0 Å². The van der Waals surface area contributed by atoms with Crippen molar-refractivity contribution in [2.45, 2.75) is 12.5 Å². The Kier molecular flexibility index (Phi) is 6.36. The molecular weight excluding hydrogens is 352 g/mol. The SMILES string of the molecule is CNC(=O)CC(NC(=O)/C=C/c1ccc(-n2ccnc2)cc1)c1ccccc1. The van der Waals surface area contributed by atoms with Crippen LogP contribution in [0.25, 0.3) is 11.8 Å². The molecule has 1 aromatic heterocycles. The lowest BCUT2D eigenvalue weighted by Gasteiger charge is -2.17. The maximum absolute atomic E-state index is 12.4. The van der Waals surface area contributed by atoms with Gasteiger partial charge in [0.15, 0.2) is 0 Å². The number of carbonyl (C=O) groups is 2. The summed E-state index contributed by atoms with van der Waals surface area (Å²) in [5, 5.41) is 5.50. The number of hydrogen-bond acceptors (Lipinski definition) is 3. The van der Waals surface area contributed by atoms with E-state index in [1.54, 1.807) is 25.6 Å². The predicted molar refractivity (Wildman–Crippen MR) is 109 cm³/mol. The zero-order valence-electron chi connectivity index (χ0n) is 15.6. The topological polar surface area (TPSA) is 76.0 Å². The Morgan fingerprint density at radius 3 is 2.50 bits per heavy atom. The summed E-state index contributed by atoms with van der Waals surface area (Å²) in [6.07, 6.45) is 8.73. The van der Waals surface area contributed by atoms with Crippen LogP contribution in [0.15, 0.2) is 79.4 Å². The van der Waals surface area contributed by atoms with Crippen molar-refractivity contribution in [3.8, 4) is 5.69 Å². The number of nitrogens with one attached hydrogen (secondary N) is 2. The molecule has 6 heteroatoms. The first-order chi connectivity index (χ1) is 13.7. The molecule has 2 N–H and O–H groups in total. The van der Waals surface area contributed by atoms with E-state index in [1.165, 1.54) is 6.08 Å². The molecule has 1 heterocycles. The molecule has 0 radical (unpaired) electrons. The molecule has 1 unspecified atom stereocenters. The lowest BCUT2D eigenvalue weighted by atomic mass is 10.0. The van der Waals surface area contributed by atoms with Crippen molar-refractivity contribution in [2.75, 3.05) is 7.05 Å². The fourth-order valence-corrected chi connectivity index (χ4v) is 2.79. The van der Waals surface area contributed by atoms with Crippen molar-refractivity contribution in [1.82, 2.24) is 20.2 Å². The number of rotatable bonds is 7. The van der Waals surface area contributed by atoms with Crippen LogP contribution in [0.5, 0.6) is 0 Å². The second kappa shape index (κ2) is 9.32. The molecule has 2 amide bonds. The summed E-state index contributed by atoms with van der Waals surface area (Å²) in [5.74, 6) is -0.385. The average molecular weight is 374 g/mol. The van der Waals surface area contributed by atoms with Gasteiger partial charge in [-0.3, -0.25) is 9.59 Å². The van der Waals surface area contributed by atoms with E-state index in [2.05, 4.69) is 15.6 Å². The molecule has 3 aromatic rings. The van der Waals surface area contributed by atoms with E-state index in [9.17, 15) is 9.59 Å². The highest BCUT2D eigenvalue weighted by molar-refractivity contribution is 5.92. The van der Waals surface area contributed by atoms with Gasteiger partial charge in [-0.1, -0.05) is 42.5 Å². The van der Waals surface area contributed by atoms with Crippen LogP contribution in [0.1, 0.15) is 23.6 Å². The van der Waals surface area contributed by atoms with E-state index in [0.717, 1.165) is 16.8 Å². The maximum atomic E-state index is 12.4. The van der Waals surface area contributed by atoms with E-state index >= 15 is 0 Å². The van der Waals surface area contributed by atoms with Crippen LogP contribution in [-0.2, 0) is 9.59 Å². The summed E-state index contributed by atoms with van der Waals surface area (Å²) in [6.45, 7) is 0. The molecule has 6 nitrogen and oxygen atoms in total. The maximum Gasteiger partial charge on any atom is 0.244 e. The quantitative estimate of drug-likeness (QED) is 0.625. The summed E-state index contributed by atoms with van der Waals surface area (Å²) in [5.41, 5.74) is 2.79. The van der Waals surface area contributed by atoms with Gasteiger partial charge in [0.2, 0.25) is 11.8 Å². The number of hydrogen-bond donors (Lipinski definition) is 2. The smallest absolute Gasteiger partial charge is 0.244 e.